The lowest BCUT2D eigenvalue weighted by molar-refractivity contribution is -0.130. The summed E-state index contributed by atoms with van der Waals surface area (Å²) in [4.78, 5) is 14.7. The van der Waals surface area contributed by atoms with Crippen molar-refractivity contribution in [2.75, 3.05) is 20.2 Å². The van der Waals surface area contributed by atoms with Gasteiger partial charge in [-0.15, -0.1) is 0 Å². The Balaban J connectivity index is 1.44. The molecule has 4 nitrogen and oxygen atoms in total. The highest BCUT2D eigenvalue weighted by atomic mass is 35.5. The molecule has 0 saturated carbocycles. The second-order valence-corrected chi connectivity index (χ2v) is 7.18. The van der Waals surface area contributed by atoms with E-state index in [4.69, 9.17) is 16.3 Å². The van der Waals surface area contributed by atoms with Gasteiger partial charge in [-0.05, 0) is 47.7 Å². The van der Waals surface area contributed by atoms with Crippen molar-refractivity contribution in [2.45, 2.75) is 18.9 Å². The predicted molar refractivity (Wildman–Crippen MR) is 104 cm³/mol. The van der Waals surface area contributed by atoms with Crippen LogP contribution in [0.25, 0.3) is 10.9 Å². The summed E-state index contributed by atoms with van der Waals surface area (Å²) in [7, 11) is 1.67. The number of carbonyl (C=O) groups is 1. The van der Waals surface area contributed by atoms with Crippen molar-refractivity contribution in [3.8, 4) is 5.75 Å². The van der Waals surface area contributed by atoms with Gasteiger partial charge >= 0.3 is 0 Å². The van der Waals surface area contributed by atoms with Crippen molar-refractivity contribution < 1.29 is 9.53 Å². The van der Waals surface area contributed by atoms with Crippen molar-refractivity contribution >= 4 is 28.4 Å². The number of methoxy groups -OCH3 is 1. The zero-order valence-corrected chi connectivity index (χ0v) is 15.4. The molecule has 1 atom stereocenters. The molecule has 0 spiro atoms. The van der Waals surface area contributed by atoms with Gasteiger partial charge in [-0.25, -0.2) is 0 Å². The number of likely N-dealkylation sites (tertiary alicyclic amines) is 1. The summed E-state index contributed by atoms with van der Waals surface area (Å²) in [6.07, 6.45) is 2.95. The molecule has 5 heteroatoms. The third-order valence-electron chi connectivity index (χ3n) is 5.17. The molecule has 1 aliphatic rings. The highest BCUT2D eigenvalue weighted by Crippen LogP contribution is 2.29. The fourth-order valence-electron chi connectivity index (χ4n) is 3.68. The van der Waals surface area contributed by atoms with E-state index >= 15 is 0 Å². The van der Waals surface area contributed by atoms with Gasteiger partial charge in [-0.1, -0.05) is 29.8 Å². The monoisotopic (exact) mass is 368 g/mol. The minimum Gasteiger partial charge on any atom is -0.497 e. The third-order valence-corrected chi connectivity index (χ3v) is 5.40. The summed E-state index contributed by atoms with van der Waals surface area (Å²) >= 11 is 6.10. The number of carbonyl (C=O) groups excluding carboxylic acids is 1. The van der Waals surface area contributed by atoms with Gasteiger partial charge in [0.05, 0.1) is 7.11 Å². The van der Waals surface area contributed by atoms with Gasteiger partial charge in [-0.3, -0.25) is 4.79 Å². The summed E-state index contributed by atoms with van der Waals surface area (Å²) in [6.45, 7) is 1.92. The number of hydrogen-bond donors (Lipinski definition) is 0. The molecule has 134 valence electrons. The van der Waals surface area contributed by atoms with Crippen molar-refractivity contribution in [1.29, 1.82) is 0 Å². The normalized spacial score (nSPS) is 17.0. The van der Waals surface area contributed by atoms with Crippen LogP contribution in [0.15, 0.2) is 54.7 Å². The minimum absolute atomic E-state index is 0.151. The van der Waals surface area contributed by atoms with E-state index in [0.717, 1.165) is 36.2 Å². The number of aromatic nitrogens is 1. The molecule has 0 aliphatic carbocycles. The molecule has 1 amide bonds. The zero-order chi connectivity index (χ0) is 18.1. The molecule has 1 aliphatic heterocycles. The molecule has 0 radical (unpaired) electrons. The van der Waals surface area contributed by atoms with Crippen LogP contribution in [0, 0.1) is 0 Å². The van der Waals surface area contributed by atoms with Crippen LogP contribution in [-0.2, 0) is 11.3 Å². The summed E-state index contributed by atoms with van der Waals surface area (Å²) in [5.41, 5.74) is 2.26. The lowest BCUT2D eigenvalue weighted by atomic mass is 9.98. The van der Waals surface area contributed by atoms with Gasteiger partial charge in [0, 0.05) is 35.7 Å². The molecular weight excluding hydrogens is 348 g/mol. The summed E-state index contributed by atoms with van der Waals surface area (Å²) in [5, 5.41) is 1.78. The number of fused-ring (bicyclic) bond motifs is 1. The average Bonchev–Trinajstić information content (AvgIpc) is 3.29. The summed E-state index contributed by atoms with van der Waals surface area (Å²) in [6, 6.07) is 15.9. The maximum absolute atomic E-state index is 12.8. The Labute approximate surface area is 157 Å². The first-order valence-corrected chi connectivity index (χ1v) is 9.18. The number of ether oxygens (including phenoxy) is 1. The standard InChI is InChI=1S/C21H21ClN2O2/c1-26-19-6-3-15(4-7-19)17-9-11-24(13-17)21(25)14-23-10-8-16-2-5-18(22)12-20(16)23/h2-8,10,12,17H,9,11,13-14H2,1H3. The Hall–Kier alpha value is -2.46. The van der Waals surface area contributed by atoms with Crippen LogP contribution in [0.3, 0.4) is 0 Å². The van der Waals surface area contributed by atoms with E-state index in [-0.39, 0.29) is 5.91 Å². The smallest absolute Gasteiger partial charge is 0.242 e. The molecule has 3 aromatic rings. The molecule has 1 saturated heterocycles. The zero-order valence-electron chi connectivity index (χ0n) is 14.7. The maximum atomic E-state index is 12.8. The molecular formula is C21H21ClN2O2. The van der Waals surface area contributed by atoms with Crippen LogP contribution in [-0.4, -0.2) is 35.6 Å². The van der Waals surface area contributed by atoms with Gasteiger partial charge in [0.15, 0.2) is 0 Å². The Bertz CT molecular complexity index is 933. The summed E-state index contributed by atoms with van der Waals surface area (Å²) < 4.78 is 7.19. The van der Waals surface area contributed by atoms with E-state index in [1.165, 1.54) is 5.56 Å². The number of nitrogens with zero attached hydrogens (tertiary/aromatic N) is 2. The SMILES string of the molecule is COc1ccc(C2CCN(C(=O)Cn3ccc4ccc(Cl)cc43)C2)cc1. The van der Waals surface area contributed by atoms with Crippen LogP contribution in [0.1, 0.15) is 17.9 Å². The number of amides is 1. The van der Waals surface area contributed by atoms with E-state index < -0.39 is 0 Å². The highest BCUT2D eigenvalue weighted by molar-refractivity contribution is 6.31. The van der Waals surface area contributed by atoms with E-state index in [1.54, 1.807) is 7.11 Å². The van der Waals surface area contributed by atoms with Crippen molar-refractivity contribution in [3.63, 3.8) is 0 Å². The average molecular weight is 369 g/mol. The van der Waals surface area contributed by atoms with Crippen molar-refractivity contribution in [1.82, 2.24) is 9.47 Å². The van der Waals surface area contributed by atoms with Gasteiger partial charge in [0.25, 0.3) is 0 Å². The summed E-state index contributed by atoms with van der Waals surface area (Å²) in [5.74, 6) is 1.40. The predicted octanol–water partition coefficient (Wildman–Crippen LogP) is 4.32. The Morgan fingerprint density at radius 1 is 1.19 bits per heavy atom. The van der Waals surface area contributed by atoms with Crippen molar-refractivity contribution in [3.05, 3.63) is 65.3 Å². The fourth-order valence-corrected chi connectivity index (χ4v) is 3.84. The van der Waals surface area contributed by atoms with E-state index in [2.05, 4.69) is 12.1 Å². The molecule has 1 fully saturated rings. The molecule has 1 aromatic heterocycles. The lowest BCUT2D eigenvalue weighted by Gasteiger charge is -2.18. The Morgan fingerprint density at radius 3 is 2.77 bits per heavy atom. The van der Waals surface area contributed by atoms with E-state index in [9.17, 15) is 4.79 Å². The second kappa shape index (κ2) is 7.04. The first-order chi connectivity index (χ1) is 12.6. The molecule has 2 heterocycles. The highest BCUT2D eigenvalue weighted by Gasteiger charge is 2.27. The molecule has 2 aromatic carbocycles. The maximum Gasteiger partial charge on any atom is 0.242 e. The number of hydrogen-bond acceptors (Lipinski definition) is 2. The van der Waals surface area contributed by atoms with E-state index in [1.807, 2.05) is 52.1 Å². The van der Waals surface area contributed by atoms with Crippen LogP contribution >= 0.6 is 11.6 Å². The second-order valence-electron chi connectivity index (χ2n) is 6.75. The number of benzene rings is 2. The van der Waals surface area contributed by atoms with Crippen LogP contribution in [0.5, 0.6) is 5.75 Å². The van der Waals surface area contributed by atoms with Crippen LogP contribution < -0.4 is 4.74 Å². The molecule has 0 N–H and O–H groups in total. The third kappa shape index (κ3) is 3.29. The van der Waals surface area contributed by atoms with Crippen LogP contribution in [0.4, 0.5) is 0 Å². The first kappa shape index (κ1) is 17.0. The molecule has 4 rings (SSSR count). The van der Waals surface area contributed by atoms with Gasteiger partial charge in [0.1, 0.15) is 12.3 Å². The fraction of sp³-hybridized carbons (Fsp3) is 0.286. The Kier molecular flexibility index (Phi) is 4.60. The topological polar surface area (TPSA) is 34.5 Å². The lowest BCUT2D eigenvalue weighted by Crippen LogP contribution is -2.31. The largest absolute Gasteiger partial charge is 0.497 e. The van der Waals surface area contributed by atoms with Crippen molar-refractivity contribution in [2.24, 2.45) is 0 Å². The molecule has 1 unspecified atom stereocenters. The first-order valence-electron chi connectivity index (χ1n) is 8.80. The number of rotatable bonds is 4. The van der Waals surface area contributed by atoms with Gasteiger partial charge in [-0.2, -0.15) is 0 Å². The van der Waals surface area contributed by atoms with E-state index in [0.29, 0.717) is 17.5 Å². The van der Waals surface area contributed by atoms with Crippen LogP contribution in [0.2, 0.25) is 5.02 Å². The van der Waals surface area contributed by atoms with Gasteiger partial charge in [0.2, 0.25) is 5.91 Å². The quantitative estimate of drug-likeness (QED) is 0.687. The molecule has 26 heavy (non-hydrogen) atoms. The minimum atomic E-state index is 0.151. The Morgan fingerprint density at radius 2 is 2.00 bits per heavy atom. The van der Waals surface area contributed by atoms with Gasteiger partial charge < -0.3 is 14.2 Å². The number of halogens is 1. The molecule has 0 bridgehead atoms.